The van der Waals surface area contributed by atoms with Crippen LogP contribution in [0, 0.1) is 0 Å². The highest BCUT2D eigenvalue weighted by molar-refractivity contribution is 5.94. The van der Waals surface area contributed by atoms with Crippen LogP contribution in [0.1, 0.15) is 35.8 Å². The van der Waals surface area contributed by atoms with Gasteiger partial charge in [0.25, 0.3) is 5.91 Å². The number of carbonyl (C=O) groups is 1. The van der Waals surface area contributed by atoms with E-state index < -0.39 is 0 Å². The van der Waals surface area contributed by atoms with E-state index in [1.165, 1.54) is 0 Å². The fourth-order valence-corrected chi connectivity index (χ4v) is 2.73. The van der Waals surface area contributed by atoms with Crippen LogP contribution in [0.4, 0.5) is 0 Å². The summed E-state index contributed by atoms with van der Waals surface area (Å²) in [5.41, 5.74) is 1.71. The Morgan fingerprint density at radius 2 is 1.77 bits per heavy atom. The molecule has 0 spiro atoms. The maximum absolute atomic E-state index is 12.6. The zero-order valence-corrected chi connectivity index (χ0v) is 16.2. The van der Waals surface area contributed by atoms with E-state index in [1.54, 1.807) is 25.3 Å². The number of nitrogens with zero attached hydrogens (tertiary/aromatic N) is 1. The fraction of sp³-hybridized carbons (Fsp3) is 0.381. The van der Waals surface area contributed by atoms with Crippen molar-refractivity contribution >= 4 is 5.91 Å². The second kappa shape index (κ2) is 9.25. The van der Waals surface area contributed by atoms with Crippen molar-refractivity contribution in [2.45, 2.75) is 26.0 Å². The lowest BCUT2D eigenvalue weighted by Gasteiger charge is -2.25. The van der Waals surface area contributed by atoms with Gasteiger partial charge in [-0.1, -0.05) is 30.3 Å². The maximum atomic E-state index is 12.6. The molecule has 0 fully saturated rings. The van der Waals surface area contributed by atoms with E-state index in [4.69, 9.17) is 9.47 Å². The molecule has 2 aromatic rings. The van der Waals surface area contributed by atoms with Crippen LogP contribution in [0.15, 0.2) is 48.5 Å². The molecule has 1 amide bonds. The summed E-state index contributed by atoms with van der Waals surface area (Å²) in [6.45, 7) is 4.42. The van der Waals surface area contributed by atoms with Gasteiger partial charge in [0.2, 0.25) is 0 Å². The minimum Gasteiger partial charge on any atom is -0.493 e. The minimum atomic E-state index is -0.137. The van der Waals surface area contributed by atoms with Crippen LogP contribution in [0.25, 0.3) is 0 Å². The second-order valence-corrected chi connectivity index (χ2v) is 6.63. The van der Waals surface area contributed by atoms with Crippen molar-refractivity contribution in [1.29, 1.82) is 0 Å². The molecule has 0 radical (unpaired) electrons. The predicted molar refractivity (Wildman–Crippen MR) is 104 cm³/mol. The minimum absolute atomic E-state index is 0.0373. The molecule has 0 unspecified atom stereocenters. The van der Waals surface area contributed by atoms with Gasteiger partial charge in [-0.05, 0) is 51.7 Å². The lowest BCUT2D eigenvalue weighted by molar-refractivity contribution is 0.0941. The lowest BCUT2D eigenvalue weighted by Crippen LogP contribution is -2.34. The van der Waals surface area contributed by atoms with Gasteiger partial charge in [0.15, 0.2) is 11.5 Å². The van der Waals surface area contributed by atoms with E-state index in [0.717, 1.165) is 5.56 Å². The molecule has 26 heavy (non-hydrogen) atoms. The zero-order chi connectivity index (χ0) is 19.1. The van der Waals surface area contributed by atoms with Crippen LogP contribution in [0.3, 0.4) is 0 Å². The summed E-state index contributed by atoms with van der Waals surface area (Å²) in [5.74, 6) is 1.05. The first-order valence-electron chi connectivity index (χ1n) is 8.76. The van der Waals surface area contributed by atoms with Gasteiger partial charge < -0.3 is 19.7 Å². The Morgan fingerprint density at radius 1 is 1.08 bits per heavy atom. The molecule has 0 bridgehead atoms. The number of hydrogen-bond acceptors (Lipinski definition) is 4. The Bertz CT molecular complexity index is 714. The summed E-state index contributed by atoms with van der Waals surface area (Å²) >= 11 is 0. The van der Waals surface area contributed by atoms with E-state index in [1.807, 2.05) is 46.1 Å². The van der Waals surface area contributed by atoms with Gasteiger partial charge in [-0.15, -0.1) is 0 Å². The third-order valence-electron chi connectivity index (χ3n) is 4.05. The number of hydrogen-bond donors (Lipinski definition) is 1. The number of carbonyl (C=O) groups excluding carboxylic acids is 1. The number of ether oxygens (including phenoxy) is 2. The third kappa shape index (κ3) is 5.23. The quantitative estimate of drug-likeness (QED) is 0.786. The van der Waals surface area contributed by atoms with Crippen molar-refractivity contribution < 1.29 is 14.3 Å². The monoisotopic (exact) mass is 356 g/mol. The van der Waals surface area contributed by atoms with Gasteiger partial charge in [-0.3, -0.25) is 4.79 Å². The molecule has 0 saturated carbocycles. The number of methoxy groups -OCH3 is 1. The van der Waals surface area contributed by atoms with Crippen molar-refractivity contribution in [2.75, 3.05) is 27.7 Å². The number of nitrogens with one attached hydrogen (secondary N) is 1. The molecule has 0 aromatic heterocycles. The molecule has 140 valence electrons. The van der Waals surface area contributed by atoms with Gasteiger partial charge in [0.05, 0.1) is 19.3 Å². The van der Waals surface area contributed by atoms with Gasteiger partial charge in [-0.2, -0.15) is 0 Å². The average Bonchev–Trinajstić information content (AvgIpc) is 2.62. The highest BCUT2D eigenvalue weighted by Gasteiger charge is 2.17. The van der Waals surface area contributed by atoms with Gasteiger partial charge in [0.1, 0.15) is 0 Å². The van der Waals surface area contributed by atoms with E-state index in [2.05, 4.69) is 22.3 Å². The van der Waals surface area contributed by atoms with Crippen molar-refractivity contribution in [2.24, 2.45) is 0 Å². The molecule has 0 saturated heterocycles. The predicted octanol–water partition coefficient (Wildman–Crippen LogP) is 3.52. The molecule has 2 rings (SSSR count). The van der Waals surface area contributed by atoms with Gasteiger partial charge >= 0.3 is 0 Å². The molecule has 0 aliphatic carbocycles. The van der Waals surface area contributed by atoms with E-state index in [9.17, 15) is 4.79 Å². The van der Waals surface area contributed by atoms with Crippen molar-refractivity contribution in [1.82, 2.24) is 10.2 Å². The Balaban J connectivity index is 2.09. The first-order chi connectivity index (χ1) is 12.4. The van der Waals surface area contributed by atoms with Crippen LogP contribution < -0.4 is 14.8 Å². The van der Waals surface area contributed by atoms with Crippen LogP contribution >= 0.6 is 0 Å². The topological polar surface area (TPSA) is 50.8 Å². The Kier molecular flexibility index (Phi) is 7.04. The van der Waals surface area contributed by atoms with Crippen molar-refractivity contribution in [3.8, 4) is 11.5 Å². The van der Waals surface area contributed by atoms with E-state index in [-0.39, 0.29) is 18.1 Å². The summed E-state index contributed by atoms with van der Waals surface area (Å²) in [7, 11) is 5.58. The van der Waals surface area contributed by atoms with Crippen LogP contribution in [0.2, 0.25) is 0 Å². The number of rotatable bonds is 8. The summed E-state index contributed by atoms with van der Waals surface area (Å²) in [6, 6.07) is 15.5. The SMILES string of the molecule is COc1cc(C(=O)NC[C@@H](c2ccccc2)N(C)C)ccc1OC(C)C. The first kappa shape index (κ1) is 19.8. The maximum Gasteiger partial charge on any atom is 0.251 e. The fourth-order valence-electron chi connectivity index (χ4n) is 2.73. The van der Waals surface area contributed by atoms with Gasteiger partial charge in [-0.25, -0.2) is 0 Å². The van der Waals surface area contributed by atoms with Gasteiger partial charge in [0, 0.05) is 12.1 Å². The van der Waals surface area contributed by atoms with Crippen LogP contribution in [-0.4, -0.2) is 44.7 Å². The summed E-state index contributed by atoms with van der Waals surface area (Å²) in [6.07, 6.45) is 0.0373. The molecule has 5 heteroatoms. The number of benzene rings is 2. The molecule has 1 atom stereocenters. The van der Waals surface area contributed by atoms with Crippen LogP contribution in [0.5, 0.6) is 11.5 Å². The molecular weight excluding hydrogens is 328 g/mol. The molecular formula is C21H28N2O3. The molecule has 1 N–H and O–H groups in total. The van der Waals surface area contributed by atoms with Crippen molar-refractivity contribution in [3.05, 3.63) is 59.7 Å². The second-order valence-electron chi connectivity index (χ2n) is 6.63. The Morgan fingerprint density at radius 3 is 2.35 bits per heavy atom. The number of likely N-dealkylation sites (N-methyl/N-ethyl adjacent to an activating group) is 1. The summed E-state index contributed by atoms with van der Waals surface area (Å²) in [4.78, 5) is 14.7. The standard InChI is InChI=1S/C21H28N2O3/c1-15(2)26-19-12-11-17(13-20(19)25-5)21(24)22-14-18(23(3)4)16-9-7-6-8-10-16/h6-13,15,18H,14H2,1-5H3,(H,22,24)/t18-/m0/s1. The molecule has 2 aromatic carbocycles. The van der Waals surface area contributed by atoms with Crippen molar-refractivity contribution in [3.63, 3.8) is 0 Å². The highest BCUT2D eigenvalue weighted by Crippen LogP contribution is 2.29. The highest BCUT2D eigenvalue weighted by atomic mass is 16.5. The lowest BCUT2D eigenvalue weighted by atomic mass is 10.1. The Hall–Kier alpha value is -2.53. The molecule has 5 nitrogen and oxygen atoms in total. The Labute approximate surface area is 155 Å². The largest absolute Gasteiger partial charge is 0.493 e. The van der Waals surface area contributed by atoms with E-state index in [0.29, 0.717) is 23.6 Å². The summed E-state index contributed by atoms with van der Waals surface area (Å²) in [5, 5.41) is 3.01. The number of amides is 1. The first-order valence-corrected chi connectivity index (χ1v) is 8.76. The smallest absolute Gasteiger partial charge is 0.251 e. The van der Waals surface area contributed by atoms with E-state index >= 15 is 0 Å². The normalized spacial score (nSPS) is 12.1. The third-order valence-corrected chi connectivity index (χ3v) is 4.05. The summed E-state index contributed by atoms with van der Waals surface area (Å²) < 4.78 is 11.1. The molecule has 0 aliphatic heterocycles. The zero-order valence-electron chi connectivity index (χ0n) is 16.2. The molecule has 0 heterocycles. The van der Waals surface area contributed by atoms with Crippen LogP contribution in [-0.2, 0) is 0 Å². The molecule has 0 aliphatic rings. The average molecular weight is 356 g/mol.